The van der Waals surface area contributed by atoms with Crippen molar-refractivity contribution in [2.45, 2.75) is 6.92 Å². The second-order valence-corrected chi connectivity index (χ2v) is 3.96. The first-order valence-corrected chi connectivity index (χ1v) is 5.05. The van der Waals surface area contributed by atoms with Crippen molar-refractivity contribution < 1.29 is 0 Å². The molecule has 2 nitrogen and oxygen atoms in total. The van der Waals surface area contributed by atoms with Gasteiger partial charge in [0.2, 0.25) is 0 Å². The van der Waals surface area contributed by atoms with Crippen molar-refractivity contribution in [3.8, 4) is 0 Å². The maximum Gasteiger partial charge on any atom is 0.0962 e. The minimum Gasteiger partial charge on any atom is -0.292 e. The summed E-state index contributed by atoms with van der Waals surface area (Å²) in [4.78, 5) is 9.11. The van der Waals surface area contributed by atoms with E-state index in [1.54, 1.807) is 18.4 Å². The van der Waals surface area contributed by atoms with Crippen molar-refractivity contribution in [2.75, 3.05) is 7.05 Å². The number of nitrogens with zero attached hydrogens (tertiary/aromatic N) is 2. The van der Waals surface area contributed by atoms with Crippen LogP contribution in [0.25, 0.3) is 0 Å². The van der Waals surface area contributed by atoms with Gasteiger partial charge in [0.1, 0.15) is 0 Å². The summed E-state index contributed by atoms with van der Waals surface area (Å²) in [6.45, 7) is 5.48. The number of rotatable bonds is 2. The van der Waals surface area contributed by atoms with Crippen molar-refractivity contribution in [3.63, 3.8) is 0 Å². The second kappa shape index (κ2) is 3.96. The average Bonchev–Trinajstić information content (AvgIpc) is 2.45. The Balaban J connectivity index is 3.24. The molecule has 1 aromatic heterocycles. The van der Waals surface area contributed by atoms with Crippen LogP contribution in [0, 0.1) is 0 Å². The Labute approximate surface area is 84.2 Å². The van der Waals surface area contributed by atoms with E-state index in [1.165, 1.54) is 0 Å². The van der Waals surface area contributed by atoms with E-state index in [1.807, 2.05) is 12.3 Å². The number of hydrogen-bond acceptors (Lipinski definition) is 3. The molecular weight excluding hydrogens is 236 g/mol. The molecule has 0 amide bonds. The van der Waals surface area contributed by atoms with Gasteiger partial charge in [-0.05, 0) is 29.6 Å². The average molecular weight is 245 g/mol. The first-order chi connectivity index (χ1) is 5.70. The molecule has 1 heterocycles. The van der Waals surface area contributed by atoms with Crippen molar-refractivity contribution in [1.82, 2.24) is 0 Å². The van der Waals surface area contributed by atoms with Gasteiger partial charge >= 0.3 is 0 Å². The van der Waals surface area contributed by atoms with Crippen LogP contribution in [0.1, 0.15) is 11.8 Å². The SMILES string of the molecule is C=Nc1c(Br)csc1C(C)=NC. The summed E-state index contributed by atoms with van der Waals surface area (Å²) in [7, 11) is 1.77. The number of thiophene rings is 1. The zero-order valence-electron chi connectivity index (χ0n) is 6.97. The molecular formula is C8H9BrN2S. The van der Waals surface area contributed by atoms with E-state index in [4.69, 9.17) is 0 Å². The first-order valence-electron chi connectivity index (χ1n) is 3.38. The van der Waals surface area contributed by atoms with Crippen LogP contribution >= 0.6 is 27.3 Å². The Hall–Kier alpha value is -0.480. The quantitative estimate of drug-likeness (QED) is 0.714. The molecule has 12 heavy (non-hydrogen) atoms. The van der Waals surface area contributed by atoms with E-state index in [0.717, 1.165) is 20.7 Å². The molecule has 0 aliphatic heterocycles. The molecule has 0 fully saturated rings. The molecule has 0 radical (unpaired) electrons. The monoisotopic (exact) mass is 244 g/mol. The Bertz CT molecular complexity index is 328. The maximum absolute atomic E-state index is 4.10. The van der Waals surface area contributed by atoms with Gasteiger partial charge in [-0.15, -0.1) is 11.3 Å². The lowest BCUT2D eigenvalue weighted by Gasteiger charge is -1.96. The highest BCUT2D eigenvalue weighted by molar-refractivity contribution is 9.10. The van der Waals surface area contributed by atoms with E-state index in [0.29, 0.717) is 0 Å². The Kier molecular flexibility index (Phi) is 3.17. The molecule has 0 aliphatic carbocycles. The molecule has 0 N–H and O–H groups in total. The third-order valence-corrected chi connectivity index (χ3v) is 3.53. The van der Waals surface area contributed by atoms with Gasteiger partial charge in [0.25, 0.3) is 0 Å². The summed E-state index contributed by atoms with van der Waals surface area (Å²) in [6.07, 6.45) is 0. The zero-order chi connectivity index (χ0) is 9.14. The smallest absolute Gasteiger partial charge is 0.0962 e. The van der Waals surface area contributed by atoms with Crippen molar-refractivity contribution in [1.29, 1.82) is 0 Å². The van der Waals surface area contributed by atoms with Gasteiger partial charge in [-0.25, -0.2) is 0 Å². The largest absolute Gasteiger partial charge is 0.292 e. The van der Waals surface area contributed by atoms with Crippen LogP contribution in [0.5, 0.6) is 0 Å². The van der Waals surface area contributed by atoms with E-state index in [-0.39, 0.29) is 0 Å². The van der Waals surface area contributed by atoms with Gasteiger partial charge in [0.05, 0.1) is 20.7 Å². The number of aliphatic imine (C=N–C) groups is 2. The summed E-state index contributed by atoms with van der Waals surface area (Å²) >= 11 is 5.02. The van der Waals surface area contributed by atoms with Crippen LogP contribution in [0.3, 0.4) is 0 Å². The molecule has 0 spiro atoms. The highest BCUT2D eigenvalue weighted by atomic mass is 79.9. The Morgan fingerprint density at radius 1 is 1.67 bits per heavy atom. The lowest BCUT2D eigenvalue weighted by molar-refractivity contribution is 1.42. The number of halogens is 1. The van der Waals surface area contributed by atoms with Crippen molar-refractivity contribution in [2.24, 2.45) is 9.98 Å². The minimum atomic E-state index is 0.892. The van der Waals surface area contributed by atoms with Gasteiger partial charge in [-0.2, -0.15) is 0 Å². The standard InChI is InChI=1S/C8H9BrN2S/c1-5(10-2)8-7(11-3)6(9)4-12-8/h4H,3H2,1-2H3. The first kappa shape index (κ1) is 9.61. The lowest BCUT2D eigenvalue weighted by Crippen LogP contribution is -1.89. The van der Waals surface area contributed by atoms with Gasteiger partial charge in [0, 0.05) is 12.4 Å². The third kappa shape index (κ3) is 1.64. The molecule has 0 bridgehead atoms. The van der Waals surface area contributed by atoms with Crippen LogP contribution in [0.4, 0.5) is 5.69 Å². The van der Waals surface area contributed by atoms with Crippen molar-refractivity contribution >= 4 is 45.4 Å². The van der Waals surface area contributed by atoms with Gasteiger partial charge < -0.3 is 0 Å². The Morgan fingerprint density at radius 2 is 2.33 bits per heavy atom. The normalized spacial score (nSPS) is 11.8. The Morgan fingerprint density at radius 3 is 2.83 bits per heavy atom. The summed E-state index contributed by atoms with van der Waals surface area (Å²) in [5.74, 6) is 0. The van der Waals surface area contributed by atoms with E-state index in [9.17, 15) is 0 Å². The van der Waals surface area contributed by atoms with Crippen LogP contribution in [-0.2, 0) is 0 Å². The second-order valence-electron chi connectivity index (χ2n) is 2.23. The predicted octanol–water partition coefficient (Wildman–Crippen LogP) is 3.28. The molecule has 0 atom stereocenters. The summed E-state index contributed by atoms with van der Waals surface area (Å²) < 4.78 is 0.987. The third-order valence-electron chi connectivity index (χ3n) is 1.54. The van der Waals surface area contributed by atoms with Gasteiger partial charge in [-0.3, -0.25) is 9.98 Å². The summed E-state index contributed by atoms with van der Waals surface area (Å²) in [5.41, 5.74) is 1.89. The van der Waals surface area contributed by atoms with E-state index < -0.39 is 0 Å². The molecule has 0 aromatic carbocycles. The molecule has 1 rings (SSSR count). The molecule has 1 aromatic rings. The summed E-state index contributed by atoms with van der Waals surface area (Å²) in [5, 5.41) is 1.99. The van der Waals surface area contributed by atoms with E-state index >= 15 is 0 Å². The van der Waals surface area contributed by atoms with Gasteiger partial charge in [-0.1, -0.05) is 0 Å². The maximum atomic E-state index is 4.10. The number of hydrogen-bond donors (Lipinski definition) is 0. The lowest BCUT2D eigenvalue weighted by atomic mass is 10.3. The fraction of sp³-hybridized carbons (Fsp3) is 0.250. The topological polar surface area (TPSA) is 24.7 Å². The zero-order valence-corrected chi connectivity index (χ0v) is 9.37. The molecule has 0 saturated carbocycles. The molecule has 4 heteroatoms. The molecule has 64 valence electrons. The van der Waals surface area contributed by atoms with Gasteiger partial charge in [0.15, 0.2) is 0 Å². The predicted molar refractivity (Wildman–Crippen MR) is 59.4 cm³/mol. The molecule has 0 aliphatic rings. The van der Waals surface area contributed by atoms with Crippen LogP contribution in [-0.4, -0.2) is 19.5 Å². The highest BCUT2D eigenvalue weighted by Gasteiger charge is 2.09. The fourth-order valence-corrected chi connectivity index (χ4v) is 2.45. The minimum absolute atomic E-state index is 0.892. The van der Waals surface area contributed by atoms with Crippen LogP contribution < -0.4 is 0 Å². The summed E-state index contributed by atoms with van der Waals surface area (Å²) in [6, 6.07) is 0. The van der Waals surface area contributed by atoms with E-state index in [2.05, 4.69) is 32.6 Å². The molecule has 0 saturated heterocycles. The van der Waals surface area contributed by atoms with Crippen molar-refractivity contribution in [3.05, 3.63) is 14.7 Å². The fourth-order valence-electron chi connectivity index (χ4n) is 0.836. The highest BCUT2D eigenvalue weighted by Crippen LogP contribution is 2.35. The van der Waals surface area contributed by atoms with Crippen LogP contribution in [0.15, 0.2) is 19.8 Å². The molecule has 0 unspecified atom stereocenters. The van der Waals surface area contributed by atoms with Crippen LogP contribution in [0.2, 0.25) is 0 Å².